The second kappa shape index (κ2) is 5.80. The van der Waals surface area contributed by atoms with Crippen LogP contribution in [-0.4, -0.2) is 6.04 Å². The summed E-state index contributed by atoms with van der Waals surface area (Å²) in [5.41, 5.74) is 4.36. The zero-order chi connectivity index (χ0) is 13.9. The molecule has 1 atom stereocenters. The Morgan fingerprint density at radius 2 is 1.60 bits per heavy atom. The van der Waals surface area contributed by atoms with Crippen molar-refractivity contribution in [2.75, 3.05) is 0 Å². The summed E-state index contributed by atoms with van der Waals surface area (Å²) in [5.74, 6) is 0.747. The van der Waals surface area contributed by atoms with E-state index >= 15 is 0 Å². The first-order chi connectivity index (χ1) is 9.74. The molecule has 1 saturated carbocycles. The molecule has 1 aliphatic rings. The Labute approximate surface area is 122 Å². The van der Waals surface area contributed by atoms with Gasteiger partial charge in [-0.3, -0.25) is 0 Å². The molecule has 0 amide bonds. The van der Waals surface area contributed by atoms with Crippen molar-refractivity contribution in [3.05, 3.63) is 71.3 Å². The quantitative estimate of drug-likeness (QED) is 0.852. The molecule has 1 N–H and O–H groups in total. The van der Waals surface area contributed by atoms with Crippen LogP contribution in [-0.2, 0) is 0 Å². The Bertz CT molecular complexity index is 555. The summed E-state index contributed by atoms with van der Waals surface area (Å²) in [6.45, 7) is 4.49. The maximum atomic E-state index is 3.75. The number of hydrogen-bond donors (Lipinski definition) is 1. The van der Waals surface area contributed by atoms with Crippen molar-refractivity contribution in [2.24, 2.45) is 0 Å². The van der Waals surface area contributed by atoms with Crippen molar-refractivity contribution in [2.45, 2.75) is 44.7 Å². The molecule has 0 radical (unpaired) electrons. The Balaban J connectivity index is 1.55. The summed E-state index contributed by atoms with van der Waals surface area (Å²) in [7, 11) is 0. The molecule has 2 aromatic rings. The zero-order valence-electron chi connectivity index (χ0n) is 12.3. The van der Waals surface area contributed by atoms with Gasteiger partial charge < -0.3 is 5.32 Å². The molecule has 20 heavy (non-hydrogen) atoms. The highest BCUT2D eigenvalue weighted by atomic mass is 15.0. The van der Waals surface area contributed by atoms with Crippen LogP contribution in [0.25, 0.3) is 0 Å². The molecule has 1 fully saturated rings. The van der Waals surface area contributed by atoms with Gasteiger partial charge in [0.2, 0.25) is 0 Å². The van der Waals surface area contributed by atoms with Crippen molar-refractivity contribution in [1.29, 1.82) is 0 Å². The largest absolute Gasteiger partial charge is 0.307 e. The number of aryl methyl sites for hydroxylation is 1. The second-order valence-corrected chi connectivity index (χ2v) is 6.02. The average Bonchev–Trinajstić information content (AvgIpc) is 2.44. The summed E-state index contributed by atoms with van der Waals surface area (Å²) < 4.78 is 0. The lowest BCUT2D eigenvalue weighted by molar-refractivity contribution is 0.270. The van der Waals surface area contributed by atoms with Crippen molar-refractivity contribution < 1.29 is 0 Å². The first-order valence-electron chi connectivity index (χ1n) is 7.60. The van der Waals surface area contributed by atoms with Gasteiger partial charge in [-0.05, 0) is 49.3 Å². The lowest BCUT2D eigenvalue weighted by atomic mass is 9.74. The Morgan fingerprint density at radius 1 is 0.950 bits per heavy atom. The lowest BCUT2D eigenvalue weighted by Gasteiger charge is -2.39. The fraction of sp³-hybridized carbons (Fsp3) is 0.368. The van der Waals surface area contributed by atoms with Crippen LogP contribution in [0.3, 0.4) is 0 Å². The van der Waals surface area contributed by atoms with E-state index in [1.165, 1.54) is 29.5 Å². The summed E-state index contributed by atoms with van der Waals surface area (Å²) in [6, 6.07) is 20.6. The number of nitrogens with one attached hydrogen (secondary N) is 1. The van der Waals surface area contributed by atoms with E-state index in [4.69, 9.17) is 0 Å². The molecular formula is C19H23N. The number of benzene rings is 2. The number of hydrogen-bond acceptors (Lipinski definition) is 1. The topological polar surface area (TPSA) is 12.0 Å². The molecular weight excluding hydrogens is 242 g/mol. The van der Waals surface area contributed by atoms with E-state index in [-0.39, 0.29) is 0 Å². The first-order valence-corrected chi connectivity index (χ1v) is 7.60. The van der Waals surface area contributed by atoms with E-state index in [9.17, 15) is 0 Å². The van der Waals surface area contributed by atoms with E-state index in [1.54, 1.807) is 0 Å². The highest BCUT2D eigenvalue weighted by molar-refractivity contribution is 5.31. The smallest absolute Gasteiger partial charge is 0.0294 e. The van der Waals surface area contributed by atoms with Crippen molar-refractivity contribution >= 4 is 0 Å². The summed E-state index contributed by atoms with van der Waals surface area (Å²) in [4.78, 5) is 0. The van der Waals surface area contributed by atoms with Crippen molar-refractivity contribution in [3.63, 3.8) is 0 Å². The molecule has 0 bridgehead atoms. The van der Waals surface area contributed by atoms with Crippen LogP contribution in [0.1, 0.15) is 48.4 Å². The molecule has 3 rings (SSSR count). The summed E-state index contributed by atoms with van der Waals surface area (Å²) >= 11 is 0. The van der Waals surface area contributed by atoms with E-state index < -0.39 is 0 Å². The van der Waals surface area contributed by atoms with Crippen LogP contribution in [0.4, 0.5) is 0 Å². The fourth-order valence-corrected chi connectivity index (χ4v) is 3.24. The Hall–Kier alpha value is -1.60. The monoisotopic (exact) mass is 265 g/mol. The van der Waals surface area contributed by atoms with Gasteiger partial charge in [0.05, 0.1) is 0 Å². The van der Waals surface area contributed by atoms with Gasteiger partial charge in [0.1, 0.15) is 0 Å². The highest BCUT2D eigenvalue weighted by Crippen LogP contribution is 2.39. The molecule has 0 spiro atoms. The molecule has 1 heteroatoms. The van der Waals surface area contributed by atoms with Gasteiger partial charge in [-0.15, -0.1) is 0 Å². The fourth-order valence-electron chi connectivity index (χ4n) is 3.24. The van der Waals surface area contributed by atoms with Gasteiger partial charge >= 0.3 is 0 Å². The van der Waals surface area contributed by atoms with Gasteiger partial charge in [-0.1, -0.05) is 54.6 Å². The molecule has 0 aliphatic heterocycles. The van der Waals surface area contributed by atoms with Gasteiger partial charge in [-0.25, -0.2) is 0 Å². The van der Waals surface area contributed by atoms with Crippen LogP contribution in [0, 0.1) is 6.92 Å². The predicted octanol–water partition coefficient (Wildman–Crippen LogP) is 4.59. The molecule has 104 valence electrons. The maximum Gasteiger partial charge on any atom is 0.0294 e. The third-order valence-electron chi connectivity index (χ3n) is 4.55. The van der Waals surface area contributed by atoms with E-state index in [0.717, 1.165) is 5.92 Å². The Kier molecular flexibility index (Phi) is 3.88. The first kappa shape index (κ1) is 13.4. The van der Waals surface area contributed by atoms with E-state index in [1.807, 2.05) is 0 Å². The standard InChI is InChI=1S/C19H23N/c1-14-8-6-7-11-19(14)17-12-18(13-17)20-15(2)16-9-4-3-5-10-16/h3-11,15,17-18,20H,12-13H2,1-2H3/t15-,17?,18?/m0/s1. The normalized spacial score (nSPS) is 23.1. The summed E-state index contributed by atoms with van der Waals surface area (Å²) in [6.07, 6.45) is 2.53. The second-order valence-electron chi connectivity index (χ2n) is 6.02. The van der Waals surface area contributed by atoms with Gasteiger partial charge in [0.15, 0.2) is 0 Å². The van der Waals surface area contributed by atoms with Crippen LogP contribution in [0.15, 0.2) is 54.6 Å². The predicted molar refractivity (Wildman–Crippen MR) is 84.9 cm³/mol. The van der Waals surface area contributed by atoms with Crippen LogP contribution in [0.5, 0.6) is 0 Å². The summed E-state index contributed by atoms with van der Waals surface area (Å²) in [5, 5.41) is 3.75. The SMILES string of the molecule is Cc1ccccc1C1CC(N[C@@H](C)c2ccccc2)C1. The minimum Gasteiger partial charge on any atom is -0.307 e. The van der Waals surface area contributed by atoms with E-state index in [0.29, 0.717) is 12.1 Å². The molecule has 2 aromatic carbocycles. The van der Waals surface area contributed by atoms with Crippen LogP contribution < -0.4 is 5.32 Å². The van der Waals surface area contributed by atoms with Crippen LogP contribution in [0.2, 0.25) is 0 Å². The molecule has 0 unspecified atom stereocenters. The average molecular weight is 265 g/mol. The highest BCUT2D eigenvalue weighted by Gasteiger charge is 2.31. The Morgan fingerprint density at radius 3 is 2.30 bits per heavy atom. The number of rotatable bonds is 4. The van der Waals surface area contributed by atoms with Gasteiger partial charge in [-0.2, -0.15) is 0 Å². The third-order valence-corrected chi connectivity index (χ3v) is 4.55. The maximum absolute atomic E-state index is 3.75. The molecule has 0 saturated heterocycles. The minimum absolute atomic E-state index is 0.444. The molecule has 1 nitrogen and oxygen atoms in total. The molecule has 0 heterocycles. The minimum atomic E-state index is 0.444. The lowest BCUT2D eigenvalue weighted by Crippen LogP contribution is -2.41. The zero-order valence-corrected chi connectivity index (χ0v) is 12.3. The van der Waals surface area contributed by atoms with Crippen molar-refractivity contribution in [3.8, 4) is 0 Å². The molecule has 1 aliphatic carbocycles. The van der Waals surface area contributed by atoms with Gasteiger partial charge in [0, 0.05) is 12.1 Å². The van der Waals surface area contributed by atoms with E-state index in [2.05, 4.69) is 73.8 Å². The van der Waals surface area contributed by atoms with Gasteiger partial charge in [0.25, 0.3) is 0 Å². The van der Waals surface area contributed by atoms with Crippen LogP contribution >= 0.6 is 0 Å². The van der Waals surface area contributed by atoms with Crippen molar-refractivity contribution in [1.82, 2.24) is 5.32 Å². The third kappa shape index (κ3) is 2.78. The molecule has 0 aromatic heterocycles.